The molecule has 0 radical (unpaired) electrons. The number of halogens is 1. The Kier molecular flexibility index (Phi) is 4.29. The molecule has 2 N–H and O–H groups in total. The third-order valence-electron chi connectivity index (χ3n) is 4.64. The van der Waals surface area contributed by atoms with Crippen LogP contribution in [0.1, 0.15) is 11.5 Å². The van der Waals surface area contributed by atoms with Crippen molar-refractivity contribution in [3.05, 3.63) is 57.8 Å². The van der Waals surface area contributed by atoms with Crippen molar-refractivity contribution in [3.8, 4) is 18.2 Å². The van der Waals surface area contributed by atoms with E-state index < -0.39 is 11.3 Å². The lowest BCUT2D eigenvalue weighted by molar-refractivity contribution is 0.368. The van der Waals surface area contributed by atoms with Gasteiger partial charge in [-0.2, -0.15) is 27.5 Å². The monoisotopic (exact) mass is 352 g/mol. The normalized spacial score (nSPS) is 24.8. The van der Waals surface area contributed by atoms with Crippen LogP contribution in [0.25, 0.3) is 0 Å². The lowest BCUT2D eigenvalue weighted by Crippen LogP contribution is -2.43. The number of rotatable bonds is 1. The third kappa shape index (κ3) is 2.28. The Morgan fingerprint density at radius 2 is 2.00 bits per heavy atom. The Morgan fingerprint density at radius 1 is 1.25 bits per heavy atom. The van der Waals surface area contributed by atoms with Crippen molar-refractivity contribution in [2.45, 2.75) is 5.92 Å². The second-order valence-electron chi connectivity index (χ2n) is 5.77. The van der Waals surface area contributed by atoms with Gasteiger partial charge in [0.2, 0.25) is 0 Å². The first-order valence-electron chi connectivity index (χ1n) is 7.35. The number of nitrogens with two attached hydrogens (primary N) is 1. The van der Waals surface area contributed by atoms with Gasteiger partial charge in [-0.25, -0.2) is 0 Å². The Hall–Kier alpha value is -2.39. The highest BCUT2D eigenvalue weighted by atomic mass is 35.5. The van der Waals surface area contributed by atoms with Gasteiger partial charge in [-0.1, -0.05) is 29.8 Å². The van der Waals surface area contributed by atoms with Crippen molar-refractivity contribution in [1.29, 1.82) is 15.8 Å². The van der Waals surface area contributed by atoms with Crippen LogP contribution in [0.3, 0.4) is 0 Å². The predicted octanol–water partition coefficient (Wildman–Crippen LogP) is 3.50. The molecular weight excluding hydrogens is 340 g/mol. The van der Waals surface area contributed by atoms with Gasteiger partial charge in [-0.15, -0.1) is 0 Å². The number of thioether (sulfide) groups is 1. The van der Waals surface area contributed by atoms with Crippen LogP contribution in [0, 0.1) is 45.3 Å². The molecule has 1 aliphatic carbocycles. The van der Waals surface area contributed by atoms with Crippen LogP contribution in [0.2, 0.25) is 5.02 Å². The molecule has 24 heavy (non-hydrogen) atoms. The van der Waals surface area contributed by atoms with E-state index in [1.807, 2.05) is 12.1 Å². The zero-order valence-electron chi connectivity index (χ0n) is 12.7. The van der Waals surface area contributed by atoms with Gasteiger partial charge in [0, 0.05) is 28.4 Å². The number of benzene rings is 1. The smallest absolute Gasteiger partial charge is 0.191 e. The summed E-state index contributed by atoms with van der Waals surface area (Å²) in [4.78, 5) is 0. The van der Waals surface area contributed by atoms with Crippen LogP contribution in [-0.4, -0.2) is 11.5 Å². The van der Waals surface area contributed by atoms with Crippen molar-refractivity contribution in [3.63, 3.8) is 0 Å². The summed E-state index contributed by atoms with van der Waals surface area (Å²) in [5, 5.41) is 29.8. The average molecular weight is 353 g/mol. The second-order valence-corrected chi connectivity index (χ2v) is 7.28. The zero-order chi connectivity index (χ0) is 17.3. The molecule has 0 aromatic heterocycles. The molecule has 0 spiro atoms. The molecule has 1 aromatic rings. The molecule has 0 saturated carbocycles. The Morgan fingerprint density at radius 3 is 2.62 bits per heavy atom. The summed E-state index contributed by atoms with van der Waals surface area (Å²) < 4.78 is 0. The highest BCUT2D eigenvalue weighted by Crippen LogP contribution is 2.55. The molecule has 0 unspecified atom stereocenters. The molecule has 2 atom stereocenters. The lowest BCUT2D eigenvalue weighted by Gasteiger charge is -2.43. The van der Waals surface area contributed by atoms with Crippen molar-refractivity contribution in [1.82, 2.24) is 0 Å². The quantitative estimate of drug-likeness (QED) is 0.834. The van der Waals surface area contributed by atoms with Crippen molar-refractivity contribution in [2.24, 2.45) is 17.1 Å². The molecule has 1 aliphatic heterocycles. The minimum Gasteiger partial charge on any atom is -0.399 e. The topological polar surface area (TPSA) is 97.4 Å². The molecule has 0 amide bonds. The fourth-order valence-corrected chi connectivity index (χ4v) is 4.82. The lowest BCUT2D eigenvalue weighted by atomic mass is 9.59. The van der Waals surface area contributed by atoms with E-state index in [0.717, 1.165) is 22.6 Å². The molecular formula is C18H13ClN4S. The summed E-state index contributed by atoms with van der Waals surface area (Å²) >= 11 is 7.85. The molecule has 0 saturated heterocycles. The van der Waals surface area contributed by atoms with E-state index in [1.165, 1.54) is 0 Å². The van der Waals surface area contributed by atoms with Gasteiger partial charge < -0.3 is 5.73 Å². The minimum absolute atomic E-state index is 0.0503. The summed E-state index contributed by atoms with van der Waals surface area (Å²) in [6, 6.07) is 13.5. The zero-order valence-corrected chi connectivity index (χ0v) is 14.2. The van der Waals surface area contributed by atoms with Gasteiger partial charge >= 0.3 is 0 Å². The molecule has 118 valence electrons. The number of nitrogens with zero attached hydrogens (tertiary/aromatic N) is 3. The first kappa shape index (κ1) is 16.5. The minimum atomic E-state index is -1.57. The van der Waals surface area contributed by atoms with Crippen LogP contribution >= 0.6 is 23.4 Å². The number of fused-ring (bicyclic) bond motifs is 1. The van der Waals surface area contributed by atoms with Gasteiger partial charge in [-0.05, 0) is 23.3 Å². The maximum atomic E-state index is 9.86. The van der Waals surface area contributed by atoms with Gasteiger partial charge in [0.1, 0.15) is 6.07 Å². The predicted molar refractivity (Wildman–Crippen MR) is 93.6 cm³/mol. The van der Waals surface area contributed by atoms with E-state index in [1.54, 1.807) is 30.0 Å². The SMILES string of the molecule is N#CC1=C(N)C(C#N)(C#N)[C@H](c2cccc(Cl)c2)[C@H]2CSCC=C12. The summed E-state index contributed by atoms with van der Waals surface area (Å²) in [6.07, 6.45) is 1.99. The summed E-state index contributed by atoms with van der Waals surface area (Å²) in [6.45, 7) is 0. The highest BCUT2D eigenvalue weighted by molar-refractivity contribution is 7.99. The number of nitriles is 3. The molecule has 0 bridgehead atoms. The van der Waals surface area contributed by atoms with Gasteiger partial charge in [0.25, 0.3) is 0 Å². The number of hydrogen-bond donors (Lipinski definition) is 1. The van der Waals surface area contributed by atoms with Crippen LogP contribution in [0.15, 0.2) is 47.2 Å². The molecule has 3 rings (SSSR count). The summed E-state index contributed by atoms with van der Waals surface area (Å²) in [5.74, 6) is 0.941. The van der Waals surface area contributed by atoms with Crippen molar-refractivity contribution >= 4 is 23.4 Å². The second kappa shape index (κ2) is 6.25. The molecule has 1 heterocycles. The molecule has 2 aliphatic rings. The van der Waals surface area contributed by atoms with Gasteiger partial charge in [0.05, 0.1) is 23.4 Å². The molecule has 4 nitrogen and oxygen atoms in total. The van der Waals surface area contributed by atoms with Crippen LogP contribution in [0.4, 0.5) is 0 Å². The Bertz CT molecular complexity index is 868. The molecule has 0 fully saturated rings. The van der Waals surface area contributed by atoms with Crippen LogP contribution in [0.5, 0.6) is 0 Å². The number of hydrogen-bond acceptors (Lipinski definition) is 5. The average Bonchev–Trinajstić information content (AvgIpc) is 2.61. The first-order valence-corrected chi connectivity index (χ1v) is 8.88. The standard InChI is InChI=1S/C18H13ClN4S/c19-12-3-1-2-11(6-12)16-15-8-24-5-4-13(15)14(7-20)17(23)18(16,9-21)10-22/h1-4,6,15-16H,5,8,23H2/t15-,16+/m0/s1. The van der Waals surface area contributed by atoms with Gasteiger partial charge in [0.15, 0.2) is 5.41 Å². The van der Waals surface area contributed by atoms with Crippen molar-refractivity contribution in [2.75, 3.05) is 11.5 Å². The Balaban J connectivity index is 2.34. The highest BCUT2D eigenvalue weighted by Gasteiger charge is 2.53. The largest absolute Gasteiger partial charge is 0.399 e. The van der Waals surface area contributed by atoms with Crippen molar-refractivity contribution < 1.29 is 0 Å². The van der Waals surface area contributed by atoms with E-state index >= 15 is 0 Å². The van der Waals surface area contributed by atoms with Crippen LogP contribution < -0.4 is 5.73 Å². The van der Waals surface area contributed by atoms with E-state index in [0.29, 0.717) is 5.02 Å². The molecule has 1 aromatic carbocycles. The third-order valence-corrected chi connectivity index (χ3v) is 5.87. The van der Waals surface area contributed by atoms with Crippen LogP contribution in [-0.2, 0) is 0 Å². The van der Waals surface area contributed by atoms with E-state index in [-0.39, 0.29) is 17.2 Å². The van der Waals surface area contributed by atoms with E-state index in [4.69, 9.17) is 17.3 Å². The van der Waals surface area contributed by atoms with Gasteiger partial charge in [-0.3, -0.25) is 0 Å². The molecule has 6 heteroatoms. The number of allylic oxidation sites excluding steroid dienone is 3. The fraction of sp³-hybridized carbons (Fsp3) is 0.278. The fourth-order valence-electron chi connectivity index (χ4n) is 3.56. The van der Waals surface area contributed by atoms with E-state index in [9.17, 15) is 15.8 Å². The maximum absolute atomic E-state index is 9.86. The Labute approximate surface area is 149 Å². The summed E-state index contributed by atoms with van der Waals surface area (Å²) in [7, 11) is 0. The summed E-state index contributed by atoms with van der Waals surface area (Å²) in [5.41, 5.74) is 6.59. The first-order chi connectivity index (χ1) is 11.6. The maximum Gasteiger partial charge on any atom is 0.191 e. The van der Waals surface area contributed by atoms with E-state index in [2.05, 4.69) is 18.2 Å².